The van der Waals surface area contributed by atoms with Crippen LogP contribution in [0.15, 0.2) is 71.8 Å². The highest BCUT2D eigenvalue weighted by atomic mass is 16.5. The van der Waals surface area contributed by atoms with E-state index in [0.717, 1.165) is 11.1 Å². The number of rotatable bonds is 6. The number of aromatic nitrogens is 6. The summed E-state index contributed by atoms with van der Waals surface area (Å²) in [5, 5.41) is 18.0. The van der Waals surface area contributed by atoms with Crippen molar-refractivity contribution < 1.29 is 9.32 Å². The van der Waals surface area contributed by atoms with E-state index in [-0.39, 0.29) is 12.5 Å². The molecule has 0 aliphatic carbocycles. The van der Waals surface area contributed by atoms with E-state index < -0.39 is 6.04 Å². The van der Waals surface area contributed by atoms with Crippen LogP contribution in [0.5, 0.6) is 0 Å². The first-order chi connectivity index (χ1) is 13.3. The highest BCUT2D eigenvalue weighted by Gasteiger charge is 2.24. The Bertz CT molecular complexity index is 1000. The minimum atomic E-state index is -0.679. The number of nitrogens with one attached hydrogen (secondary N) is 1. The van der Waals surface area contributed by atoms with Crippen molar-refractivity contribution in [2.45, 2.75) is 12.6 Å². The van der Waals surface area contributed by atoms with Crippen LogP contribution in [0.1, 0.15) is 17.4 Å². The van der Waals surface area contributed by atoms with Crippen LogP contribution in [0.2, 0.25) is 0 Å². The van der Waals surface area contributed by atoms with Gasteiger partial charge in [0.15, 0.2) is 11.8 Å². The van der Waals surface area contributed by atoms with Crippen LogP contribution in [-0.4, -0.2) is 36.3 Å². The zero-order chi connectivity index (χ0) is 18.5. The van der Waals surface area contributed by atoms with Gasteiger partial charge in [0.1, 0.15) is 12.0 Å². The Morgan fingerprint density at radius 1 is 1.19 bits per heavy atom. The number of amides is 1. The van der Waals surface area contributed by atoms with E-state index in [9.17, 15) is 4.79 Å². The summed E-state index contributed by atoms with van der Waals surface area (Å²) < 4.78 is 6.71. The number of benzene rings is 1. The van der Waals surface area contributed by atoms with Gasteiger partial charge in [-0.05, 0) is 28.1 Å². The Hall–Kier alpha value is -3.88. The first-order valence-corrected chi connectivity index (χ1v) is 8.22. The van der Waals surface area contributed by atoms with Crippen molar-refractivity contribution in [1.29, 1.82) is 0 Å². The average molecular weight is 361 g/mol. The molecule has 0 saturated carbocycles. The lowest BCUT2D eigenvalue weighted by molar-refractivity contribution is -0.123. The van der Waals surface area contributed by atoms with Gasteiger partial charge in [0, 0.05) is 24.0 Å². The van der Waals surface area contributed by atoms with Gasteiger partial charge in [-0.25, -0.2) is 4.68 Å². The highest BCUT2D eigenvalue weighted by molar-refractivity contribution is 5.83. The van der Waals surface area contributed by atoms with Crippen LogP contribution in [0, 0.1) is 0 Å². The molecule has 27 heavy (non-hydrogen) atoms. The van der Waals surface area contributed by atoms with Gasteiger partial charge in [-0.2, -0.15) is 0 Å². The van der Waals surface area contributed by atoms with Crippen LogP contribution in [-0.2, 0) is 11.3 Å². The number of nitrogens with zero attached hydrogens (tertiary/aromatic N) is 6. The van der Waals surface area contributed by atoms with E-state index in [2.05, 4.69) is 31.0 Å². The van der Waals surface area contributed by atoms with Gasteiger partial charge >= 0.3 is 0 Å². The van der Waals surface area contributed by atoms with Crippen molar-refractivity contribution in [3.8, 4) is 11.3 Å². The van der Waals surface area contributed by atoms with Gasteiger partial charge < -0.3 is 9.84 Å². The largest absolute Gasteiger partial charge is 0.359 e. The normalized spacial score (nSPS) is 11.9. The number of carbonyl (C=O) groups is 1. The van der Waals surface area contributed by atoms with E-state index in [4.69, 9.17) is 4.52 Å². The van der Waals surface area contributed by atoms with E-state index in [0.29, 0.717) is 11.5 Å². The predicted octanol–water partition coefficient (Wildman–Crippen LogP) is 1.63. The summed E-state index contributed by atoms with van der Waals surface area (Å²) in [6, 6.07) is 14.1. The fraction of sp³-hybridized carbons (Fsp3) is 0.111. The molecular weight excluding hydrogens is 346 g/mol. The molecule has 1 unspecified atom stereocenters. The summed E-state index contributed by atoms with van der Waals surface area (Å²) >= 11 is 0. The molecule has 0 radical (unpaired) electrons. The summed E-state index contributed by atoms with van der Waals surface area (Å²) in [6.07, 6.45) is 4.79. The standard InChI is InChI=1S/C18H15N7O2/c26-18(17(25-12-21-23-24-25)13-5-2-1-3-6-13)20-11-15-9-16(22-27-15)14-7-4-8-19-10-14/h1-10,12,17H,11H2,(H,20,26). The minimum absolute atomic E-state index is 0.192. The number of carbonyl (C=O) groups excluding carboxylic acids is 1. The van der Waals surface area contributed by atoms with E-state index in [1.54, 1.807) is 18.5 Å². The number of hydrogen-bond donors (Lipinski definition) is 1. The quantitative estimate of drug-likeness (QED) is 0.555. The molecule has 4 aromatic rings. The fourth-order valence-corrected chi connectivity index (χ4v) is 2.66. The van der Waals surface area contributed by atoms with Crippen LogP contribution in [0.4, 0.5) is 0 Å². The lowest BCUT2D eigenvalue weighted by atomic mass is 10.1. The highest BCUT2D eigenvalue weighted by Crippen LogP contribution is 2.19. The second-order valence-electron chi connectivity index (χ2n) is 5.74. The third-order valence-corrected chi connectivity index (χ3v) is 3.95. The maximum absolute atomic E-state index is 12.8. The Kier molecular flexibility index (Phi) is 4.64. The zero-order valence-corrected chi connectivity index (χ0v) is 14.1. The van der Waals surface area contributed by atoms with Crippen LogP contribution < -0.4 is 5.32 Å². The molecule has 0 aliphatic heterocycles. The number of pyridine rings is 1. The molecule has 1 atom stereocenters. The van der Waals surface area contributed by atoms with Crippen LogP contribution >= 0.6 is 0 Å². The average Bonchev–Trinajstić information content (AvgIpc) is 3.41. The second kappa shape index (κ2) is 7.56. The van der Waals surface area contributed by atoms with Crippen molar-refractivity contribution >= 4 is 5.91 Å². The molecule has 0 aliphatic rings. The summed E-state index contributed by atoms with van der Waals surface area (Å²) in [5.41, 5.74) is 2.28. The summed E-state index contributed by atoms with van der Waals surface area (Å²) in [7, 11) is 0. The SMILES string of the molecule is O=C(NCc1cc(-c2cccnc2)no1)C(c1ccccc1)n1cnnn1. The Morgan fingerprint density at radius 2 is 2.07 bits per heavy atom. The Morgan fingerprint density at radius 3 is 2.81 bits per heavy atom. The van der Waals surface area contributed by atoms with Gasteiger partial charge in [0.2, 0.25) is 5.91 Å². The molecule has 9 nitrogen and oxygen atoms in total. The zero-order valence-electron chi connectivity index (χ0n) is 14.1. The molecule has 0 fully saturated rings. The summed E-state index contributed by atoms with van der Waals surface area (Å²) in [4.78, 5) is 16.8. The first-order valence-electron chi connectivity index (χ1n) is 8.22. The van der Waals surface area contributed by atoms with Gasteiger partial charge in [0.25, 0.3) is 0 Å². The van der Waals surface area contributed by atoms with Crippen molar-refractivity contribution in [3.63, 3.8) is 0 Å². The smallest absolute Gasteiger partial charge is 0.249 e. The molecule has 0 saturated heterocycles. The molecule has 9 heteroatoms. The topological polar surface area (TPSA) is 112 Å². The van der Waals surface area contributed by atoms with Crippen molar-refractivity contribution in [1.82, 2.24) is 35.7 Å². The van der Waals surface area contributed by atoms with Gasteiger partial charge in [0.05, 0.1) is 6.54 Å². The first kappa shape index (κ1) is 16.6. The molecule has 0 bridgehead atoms. The molecule has 4 rings (SSSR count). The Balaban J connectivity index is 1.48. The van der Waals surface area contributed by atoms with Gasteiger partial charge in [-0.1, -0.05) is 35.5 Å². The maximum atomic E-state index is 12.8. The second-order valence-corrected chi connectivity index (χ2v) is 5.74. The maximum Gasteiger partial charge on any atom is 0.249 e. The third-order valence-electron chi connectivity index (χ3n) is 3.95. The lowest BCUT2D eigenvalue weighted by Gasteiger charge is -2.16. The Labute approximate surface area is 154 Å². The fourth-order valence-electron chi connectivity index (χ4n) is 2.66. The van der Waals surface area contributed by atoms with E-state index in [1.807, 2.05) is 42.5 Å². The van der Waals surface area contributed by atoms with Crippen molar-refractivity contribution in [3.05, 3.63) is 78.6 Å². The monoisotopic (exact) mass is 361 g/mol. The summed E-state index contributed by atoms with van der Waals surface area (Å²) in [6.45, 7) is 0.192. The minimum Gasteiger partial charge on any atom is -0.359 e. The number of tetrazole rings is 1. The van der Waals surface area contributed by atoms with E-state index >= 15 is 0 Å². The molecule has 3 aromatic heterocycles. The molecule has 0 spiro atoms. The van der Waals surface area contributed by atoms with E-state index in [1.165, 1.54) is 11.0 Å². The molecule has 134 valence electrons. The molecular formula is C18H15N7O2. The van der Waals surface area contributed by atoms with Gasteiger partial charge in [-0.15, -0.1) is 5.10 Å². The molecule has 3 heterocycles. The van der Waals surface area contributed by atoms with Crippen molar-refractivity contribution in [2.24, 2.45) is 0 Å². The van der Waals surface area contributed by atoms with Gasteiger partial charge in [-0.3, -0.25) is 9.78 Å². The summed E-state index contributed by atoms with van der Waals surface area (Å²) in [5.74, 6) is 0.276. The molecule has 1 aromatic carbocycles. The number of hydrogen-bond acceptors (Lipinski definition) is 7. The van der Waals surface area contributed by atoms with Crippen LogP contribution in [0.25, 0.3) is 11.3 Å². The van der Waals surface area contributed by atoms with Crippen LogP contribution in [0.3, 0.4) is 0 Å². The molecule has 1 N–H and O–H groups in total. The molecule has 1 amide bonds. The predicted molar refractivity (Wildman–Crippen MR) is 94.0 cm³/mol. The van der Waals surface area contributed by atoms with Crippen molar-refractivity contribution in [2.75, 3.05) is 0 Å². The third kappa shape index (κ3) is 3.71. The lowest BCUT2D eigenvalue weighted by Crippen LogP contribution is -2.33.